The average molecular weight is 346 g/mol. The lowest BCUT2D eigenvalue weighted by molar-refractivity contribution is -0.121. The second kappa shape index (κ2) is 8.20. The van der Waals surface area contributed by atoms with Gasteiger partial charge in [0.1, 0.15) is 5.82 Å². The summed E-state index contributed by atoms with van der Waals surface area (Å²) in [4.78, 5) is 16.1. The van der Waals surface area contributed by atoms with Crippen LogP contribution in [0.4, 0.5) is 4.39 Å². The van der Waals surface area contributed by atoms with E-state index in [1.807, 2.05) is 0 Å². The second-order valence-corrected chi connectivity index (χ2v) is 6.47. The molecule has 1 aromatic heterocycles. The van der Waals surface area contributed by atoms with E-state index in [1.165, 1.54) is 12.5 Å². The molecule has 1 aliphatic rings. The van der Waals surface area contributed by atoms with Gasteiger partial charge in [-0.25, -0.2) is 4.39 Å². The van der Waals surface area contributed by atoms with E-state index in [9.17, 15) is 9.18 Å². The van der Waals surface area contributed by atoms with E-state index >= 15 is 0 Å². The Hall–Kier alpha value is -2.28. The van der Waals surface area contributed by atoms with Crippen LogP contribution in [0.5, 0.6) is 0 Å². The molecular weight excluding hydrogens is 323 g/mol. The SMILES string of the molecule is Cc1ccc(-c2noc(CCC(=O)NCCC3CCNC3)n2)cc1F. The summed E-state index contributed by atoms with van der Waals surface area (Å²) in [6.07, 6.45) is 2.85. The van der Waals surface area contributed by atoms with Gasteiger partial charge in [0.15, 0.2) is 0 Å². The van der Waals surface area contributed by atoms with Crippen LogP contribution in [0.25, 0.3) is 11.4 Å². The van der Waals surface area contributed by atoms with E-state index in [0.717, 1.165) is 19.5 Å². The van der Waals surface area contributed by atoms with Gasteiger partial charge >= 0.3 is 0 Å². The molecule has 0 saturated carbocycles. The predicted molar refractivity (Wildman–Crippen MR) is 91.4 cm³/mol. The summed E-state index contributed by atoms with van der Waals surface area (Å²) < 4.78 is 18.8. The van der Waals surface area contributed by atoms with Crippen LogP contribution in [0, 0.1) is 18.7 Å². The molecule has 3 rings (SSSR count). The summed E-state index contributed by atoms with van der Waals surface area (Å²) in [6, 6.07) is 4.81. The maximum atomic E-state index is 13.6. The standard InChI is InChI=1S/C18H23FN4O2/c1-12-2-3-14(10-15(12)19)18-22-17(25-23-18)5-4-16(24)21-9-7-13-6-8-20-11-13/h2-3,10,13,20H,4-9,11H2,1H3,(H,21,24). The minimum absolute atomic E-state index is 0.0212. The predicted octanol–water partition coefficient (Wildman–Crippen LogP) is 2.23. The molecule has 1 unspecified atom stereocenters. The number of hydrogen-bond acceptors (Lipinski definition) is 5. The topological polar surface area (TPSA) is 80.0 Å². The van der Waals surface area contributed by atoms with E-state index in [4.69, 9.17) is 4.52 Å². The van der Waals surface area contributed by atoms with Crippen molar-refractivity contribution in [3.63, 3.8) is 0 Å². The number of carbonyl (C=O) groups is 1. The molecule has 134 valence electrons. The summed E-state index contributed by atoms with van der Waals surface area (Å²) in [5.41, 5.74) is 1.13. The first kappa shape index (κ1) is 17.5. The zero-order valence-electron chi connectivity index (χ0n) is 14.3. The number of amides is 1. The molecule has 1 atom stereocenters. The number of aromatic nitrogens is 2. The number of aryl methyl sites for hydroxylation is 2. The third-order valence-corrected chi connectivity index (χ3v) is 4.50. The van der Waals surface area contributed by atoms with Gasteiger partial charge in [0.05, 0.1) is 0 Å². The normalized spacial score (nSPS) is 17.0. The van der Waals surface area contributed by atoms with E-state index in [-0.39, 0.29) is 11.7 Å². The highest BCUT2D eigenvalue weighted by molar-refractivity contribution is 5.76. The first-order valence-corrected chi connectivity index (χ1v) is 8.68. The van der Waals surface area contributed by atoms with Gasteiger partial charge in [-0.1, -0.05) is 17.3 Å². The van der Waals surface area contributed by atoms with Gasteiger partial charge in [-0.05, 0) is 50.4 Å². The maximum absolute atomic E-state index is 13.6. The maximum Gasteiger partial charge on any atom is 0.227 e. The van der Waals surface area contributed by atoms with Crippen molar-refractivity contribution in [3.05, 3.63) is 35.5 Å². The summed E-state index contributed by atoms with van der Waals surface area (Å²) in [7, 11) is 0. The zero-order chi connectivity index (χ0) is 17.6. The molecule has 2 N–H and O–H groups in total. The molecule has 1 aromatic carbocycles. The molecule has 0 radical (unpaired) electrons. The number of hydrogen-bond donors (Lipinski definition) is 2. The van der Waals surface area contributed by atoms with Crippen molar-refractivity contribution in [1.82, 2.24) is 20.8 Å². The fraction of sp³-hybridized carbons (Fsp3) is 0.500. The third kappa shape index (κ3) is 4.85. The van der Waals surface area contributed by atoms with Crippen LogP contribution in [0.2, 0.25) is 0 Å². The molecule has 0 spiro atoms. The van der Waals surface area contributed by atoms with Crippen LogP contribution in [-0.2, 0) is 11.2 Å². The van der Waals surface area contributed by atoms with E-state index in [0.29, 0.717) is 48.1 Å². The van der Waals surface area contributed by atoms with Crippen molar-refractivity contribution >= 4 is 5.91 Å². The Morgan fingerprint density at radius 2 is 2.36 bits per heavy atom. The minimum Gasteiger partial charge on any atom is -0.356 e. The summed E-state index contributed by atoms with van der Waals surface area (Å²) in [5, 5.41) is 10.1. The molecule has 0 bridgehead atoms. The Morgan fingerprint density at radius 3 is 3.12 bits per heavy atom. The lowest BCUT2D eigenvalue weighted by Crippen LogP contribution is -2.26. The van der Waals surface area contributed by atoms with Crippen LogP contribution in [0.3, 0.4) is 0 Å². The van der Waals surface area contributed by atoms with Crippen molar-refractivity contribution in [2.75, 3.05) is 19.6 Å². The number of halogens is 1. The first-order valence-electron chi connectivity index (χ1n) is 8.68. The number of rotatable bonds is 7. The largest absolute Gasteiger partial charge is 0.356 e. The van der Waals surface area contributed by atoms with Crippen LogP contribution in [0.1, 0.15) is 30.7 Å². The van der Waals surface area contributed by atoms with Crippen LogP contribution in [0.15, 0.2) is 22.7 Å². The van der Waals surface area contributed by atoms with Gasteiger partial charge in [0.2, 0.25) is 17.6 Å². The van der Waals surface area contributed by atoms with Gasteiger partial charge in [0.25, 0.3) is 0 Å². The molecule has 6 nitrogen and oxygen atoms in total. The van der Waals surface area contributed by atoms with Gasteiger partial charge in [-0.15, -0.1) is 0 Å². The quantitative estimate of drug-likeness (QED) is 0.804. The van der Waals surface area contributed by atoms with E-state index in [2.05, 4.69) is 20.8 Å². The van der Waals surface area contributed by atoms with E-state index in [1.54, 1.807) is 19.1 Å². The molecule has 1 saturated heterocycles. The number of carbonyl (C=O) groups excluding carboxylic acids is 1. The summed E-state index contributed by atoms with van der Waals surface area (Å²) in [5.74, 6) is 1.05. The molecular formula is C18H23FN4O2. The van der Waals surface area contributed by atoms with Crippen molar-refractivity contribution in [3.8, 4) is 11.4 Å². The van der Waals surface area contributed by atoms with Crippen molar-refractivity contribution in [2.45, 2.75) is 32.6 Å². The van der Waals surface area contributed by atoms with Crippen molar-refractivity contribution in [1.29, 1.82) is 0 Å². The minimum atomic E-state index is -0.305. The first-order chi connectivity index (χ1) is 12.1. The Morgan fingerprint density at radius 1 is 1.48 bits per heavy atom. The highest BCUT2D eigenvalue weighted by Crippen LogP contribution is 2.19. The zero-order valence-corrected chi connectivity index (χ0v) is 14.3. The molecule has 0 aliphatic carbocycles. The molecule has 25 heavy (non-hydrogen) atoms. The fourth-order valence-corrected chi connectivity index (χ4v) is 2.89. The second-order valence-electron chi connectivity index (χ2n) is 6.47. The highest BCUT2D eigenvalue weighted by atomic mass is 19.1. The van der Waals surface area contributed by atoms with Gasteiger partial charge in [-0.3, -0.25) is 4.79 Å². The molecule has 2 heterocycles. The number of nitrogens with one attached hydrogen (secondary N) is 2. The van der Waals surface area contributed by atoms with Gasteiger partial charge in [0, 0.05) is 24.9 Å². The molecule has 7 heteroatoms. The van der Waals surface area contributed by atoms with E-state index < -0.39 is 0 Å². The summed E-state index contributed by atoms with van der Waals surface area (Å²) >= 11 is 0. The smallest absolute Gasteiger partial charge is 0.227 e. The fourth-order valence-electron chi connectivity index (χ4n) is 2.89. The molecule has 2 aromatic rings. The number of nitrogens with zero attached hydrogens (tertiary/aromatic N) is 2. The van der Waals surface area contributed by atoms with Gasteiger partial charge < -0.3 is 15.2 Å². The Balaban J connectivity index is 1.44. The lowest BCUT2D eigenvalue weighted by Gasteiger charge is -2.08. The van der Waals surface area contributed by atoms with Gasteiger partial charge in [-0.2, -0.15) is 4.98 Å². The van der Waals surface area contributed by atoms with Crippen molar-refractivity contribution in [2.24, 2.45) is 5.92 Å². The summed E-state index contributed by atoms with van der Waals surface area (Å²) in [6.45, 7) is 4.51. The lowest BCUT2D eigenvalue weighted by atomic mass is 10.1. The van der Waals surface area contributed by atoms with Crippen LogP contribution >= 0.6 is 0 Å². The van der Waals surface area contributed by atoms with Crippen molar-refractivity contribution < 1.29 is 13.7 Å². The Bertz CT molecular complexity index is 726. The molecule has 1 amide bonds. The monoisotopic (exact) mass is 346 g/mol. The highest BCUT2D eigenvalue weighted by Gasteiger charge is 2.15. The Labute approximate surface area is 146 Å². The third-order valence-electron chi connectivity index (χ3n) is 4.50. The molecule has 1 aliphatic heterocycles. The Kier molecular flexibility index (Phi) is 5.75. The molecule has 1 fully saturated rings. The average Bonchev–Trinajstić information content (AvgIpc) is 3.27. The van der Waals surface area contributed by atoms with Crippen LogP contribution in [-0.4, -0.2) is 35.7 Å². The van der Waals surface area contributed by atoms with Crippen LogP contribution < -0.4 is 10.6 Å². The number of benzene rings is 1.